The highest BCUT2D eigenvalue weighted by Crippen LogP contribution is 2.25. The molecule has 0 saturated heterocycles. The molecule has 2 unspecified atom stereocenters. The fourth-order valence-corrected chi connectivity index (χ4v) is 4.54. The molecule has 0 amide bonds. The van der Waals surface area contributed by atoms with Gasteiger partial charge in [0.1, 0.15) is 0 Å². The van der Waals surface area contributed by atoms with Gasteiger partial charge in [0.05, 0.1) is 4.90 Å². The highest BCUT2D eigenvalue weighted by molar-refractivity contribution is 7.89. The van der Waals surface area contributed by atoms with Gasteiger partial charge in [-0.15, -0.1) is 11.3 Å². The predicted octanol–water partition coefficient (Wildman–Crippen LogP) is 2.23. The SMILES string of the molecule is CCC(C)C(C)NS(=O)(=O)c1cc(CN)sc1C. The molecule has 0 aliphatic carbocycles. The van der Waals surface area contributed by atoms with Gasteiger partial charge in [0.25, 0.3) is 0 Å². The van der Waals surface area contributed by atoms with Gasteiger partial charge in [0.15, 0.2) is 0 Å². The normalized spacial score (nSPS) is 15.6. The lowest BCUT2D eigenvalue weighted by Crippen LogP contribution is -2.36. The fourth-order valence-electron chi connectivity index (χ4n) is 1.67. The summed E-state index contributed by atoms with van der Waals surface area (Å²) in [6.45, 7) is 8.18. The van der Waals surface area contributed by atoms with Crippen molar-refractivity contribution in [3.8, 4) is 0 Å². The maximum atomic E-state index is 12.3. The van der Waals surface area contributed by atoms with E-state index in [1.54, 1.807) is 6.07 Å². The van der Waals surface area contributed by atoms with Crippen LogP contribution in [0.1, 0.15) is 36.9 Å². The van der Waals surface area contributed by atoms with Crippen LogP contribution < -0.4 is 10.5 Å². The molecular weight excluding hydrogens is 268 g/mol. The van der Waals surface area contributed by atoms with Crippen molar-refractivity contribution in [2.45, 2.75) is 51.6 Å². The maximum Gasteiger partial charge on any atom is 0.241 e. The van der Waals surface area contributed by atoms with Crippen LogP contribution in [0.2, 0.25) is 0 Å². The number of sulfonamides is 1. The minimum atomic E-state index is -3.43. The van der Waals surface area contributed by atoms with Crippen molar-refractivity contribution in [2.24, 2.45) is 11.7 Å². The number of nitrogens with one attached hydrogen (secondary N) is 1. The Balaban J connectivity index is 2.96. The zero-order valence-corrected chi connectivity index (χ0v) is 13.0. The summed E-state index contributed by atoms with van der Waals surface area (Å²) in [4.78, 5) is 2.05. The molecule has 3 N–H and O–H groups in total. The first-order valence-corrected chi connectivity index (χ1v) is 8.43. The Labute approximate surface area is 114 Å². The summed E-state index contributed by atoms with van der Waals surface area (Å²) < 4.78 is 27.3. The van der Waals surface area contributed by atoms with Crippen LogP contribution in [-0.4, -0.2) is 14.5 Å². The summed E-state index contributed by atoms with van der Waals surface area (Å²) in [5, 5.41) is 0. The van der Waals surface area contributed by atoms with E-state index in [9.17, 15) is 8.42 Å². The molecule has 0 aliphatic rings. The molecule has 6 heteroatoms. The second-order valence-electron chi connectivity index (χ2n) is 4.63. The molecule has 1 aromatic rings. The Bertz CT molecular complexity index is 494. The van der Waals surface area contributed by atoms with E-state index in [2.05, 4.69) is 11.6 Å². The molecule has 1 aromatic heterocycles. The van der Waals surface area contributed by atoms with E-state index >= 15 is 0 Å². The maximum absolute atomic E-state index is 12.3. The van der Waals surface area contributed by atoms with Crippen LogP contribution in [0.5, 0.6) is 0 Å². The van der Waals surface area contributed by atoms with Crippen LogP contribution in [0, 0.1) is 12.8 Å². The van der Waals surface area contributed by atoms with E-state index in [-0.39, 0.29) is 6.04 Å². The first kappa shape index (κ1) is 15.6. The lowest BCUT2D eigenvalue weighted by atomic mass is 10.0. The Morgan fingerprint density at radius 1 is 1.44 bits per heavy atom. The smallest absolute Gasteiger partial charge is 0.241 e. The molecule has 1 rings (SSSR count). The van der Waals surface area contributed by atoms with Gasteiger partial charge < -0.3 is 5.73 Å². The molecule has 1 heterocycles. The van der Waals surface area contributed by atoms with E-state index in [4.69, 9.17) is 5.73 Å². The van der Waals surface area contributed by atoms with E-state index < -0.39 is 10.0 Å². The number of hydrogen-bond donors (Lipinski definition) is 2. The van der Waals surface area contributed by atoms with Crippen molar-refractivity contribution in [1.29, 1.82) is 0 Å². The van der Waals surface area contributed by atoms with Crippen molar-refractivity contribution in [3.63, 3.8) is 0 Å². The molecule has 0 bridgehead atoms. The summed E-state index contributed by atoms with van der Waals surface area (Å²) in [7, 11) is -3.43. The highest BCUT2D eigenvalue weighted by atomic mass is 32.2. The lowest BCUT2D eigenvalue weighted by Gasteiger charge is -2.19. The van der Waals surface area contributed by atoms with E-state index in [1.165, 1.54) is 11.3 Å². The van der Waals surface area contributed by atoms with Crippen LogP contribution in [-0.2, 0) is 16.6 Å². The van der Waals surface area contributed by atoms with Gasteiger partial charge in [-0.3, -0.25) is 0 Å². The molecular formula is C12H22N2O2S2. The second-order valence-corrected chi connectivity index (χ2v) is 7.66. The fraction of sp³-hybridized carbons (Fsp3) is 0.667. The van der Waals surface area contributed by atoms with Gasteiger partial charge >= 0.3 is 0 Å². The monoisotopic (exact) mass is 290 g/mol. The molecule has 0 spiro atoms. The third kappa shape index (κ3) is 3.54. The number of thiophene rings is 1. The van der Waals surface area contributed by atoms with Crippen LogP contribution in [0.15, 0.2) is 11.0 Å². The van der Waals surface area contributed by atoms with Crippen molar-refractivity contribution in [1.82, 2.24) is 4.72 Å². The zero-order valence-electron chi connectivity index (χ0n) is 11.4. The average Bonchev–Trinajstić information content (AvgIpc) is 2.69. The molecule has 0 saturated carbocycles. The van der Waals surface area contributed by atoms with Crippen molar-refractivity contribution in [2.75, 3.05) is 0 Å². The van der Waals surface area contributed by atoms with Crippen LogP contribution in [0.3, 0.4) is 0 Å². The van der Waals surface area contributed by atoms with Crippen molar-refractivity contribution < 1.29 is 8.42 Å². The molecule has 104 valence electrons. The van der Waals surface area contributed by atoms with Gasteiger partial charge in [0, 0.05) is 22.3 Å². The zero-order chi connectivity index (χ0) is 13.9. The summed E-state index contributed by atoms with van der Waals surface area (Å²) >= 11 is 1.44. The van der Waals surface area contributed by atoms with Gasteiger partial charge in [-0.2, -0.15) is 0 Å². The third-order valence-electron chi connectivity index (χ3n) is 3.25. The van der Waals surface area contributed by atoms with Crippen molar-refractivity contribution in [3.05, 3.63) is 15.8 Å². The summed E-state index contributed by atoms with van der Waals surface area (Å²) in [6.07, 6.45) is 0.945. The molecule has 4 nitrogen and oxygen atoms in total. The van der Waals surface area contributed by atoms with Gasteiger partial charge in [-0.1, -0.05) is 20.3 Å². The van der Waals surface area contributed by atoms with Crippen LogP contribution >= 0.6 is 11.3 Å². The number of nitrogens with two attached hydrogens (primary N) is 1. The minimum Gasteiger partial charge on any atom is -0.326 e. The van der Waals surface area contributed by atoms with Crippen molar-refractivity contribution >= 4 is 21.4 Å². The lowest BCUT2D eigenvalue weighted by molar-refractivity contribution is 0.434. The Morgan fingerprint density at radius 3 is 2.50 bits per heavy atom. The Kier molecular flexibility index (Phi) is 5.33. The Morgan fingerprint density at radius 2 is 2.06 bits per heavy atom. The predicted molar refractivity (Wildman–Crippen MR) is 76.2 cm³/mol. The topological polar surface area (TPSA) is 72.2 Å². The van der Waals surface area contributed by atoms with Gasteiger partial charge in [0.2, 0.25) is 10.0 Å². The largest absolute Gasteiger partial charge is 0.326 e. The number of aryl methyl sites for hydroxylation is 1. The van der Waals surface area contributed by atoms with Gasteiger partial charge in [-0.25, -0.2) is 13.1 Å². The summed E-state index contributed by atoms with van der Waals surface area (Å²) in [5.41, 5.74) is 5.54. The van der Waals surface area contributed by atoms with Crippen LogP contribution in [0.4, 0.5) is 0 Å². The van der Waals surface area contributed by atoms with Gasteiger partial charge in [-0.05, 0) is 25.8 Å². The third-order valence-corrected chi connectivity index (χ3v) is 6.14. The molecule has 18 heavy (non-hydrogen) atoms. The second kappa shape index (κ2) is 6.14. The minimum absolute atomic E-state index is 0.0689. The number of hydrogen-bond acceptors (Lipinski definition) is 4. The first-order valence-electron chi connectivity index (χ1n) is 6.13. The average molecular weight is 290 g/mol. The molecule has 0 radical (unpaired) electrons. The highest BCUT2D eigenvalue weighted by Gasteiger charge is 2.23. The molecule has 0 aliphatic heterocycles. The molecule has 0 aromatic carbocycles. The number of rotatable bonds is 6. The van der Waals surface area contributed by atoms with E-state index in [1.807, 2.05) is 20.8 Å². The summed E-state index contributed by atoms with van der Waals surface area (Å²) in [6, 6.07) is 1.60. The Hall–Kier alpha value is -0.430. The molecule has 0 fully saturated rings. The van der Waals surface area contributed by atoms with E-state index in [0.29, 0.717) is 17.4 Å². The van der Waals surface area contributed by atoms with Crippen LogP contribution in [0.25, 0.3) is 0 Å². The standard InChI is InChI=1S/C12H22N2O2S2/c1-5-8(2)9(3)14-18(15,16)12-6-11(7-13)17-10(12)4/h6,8-9,14H,5,7,13H2,1-4H3. The summed E-state index contributed by atoms with van der Waals surface area (Å²) in [5.74, 6) is 0.313. The molecule has 2 atom stereocenters. The quantitative estimate of drug-likeness (QED) is 0.844. The first-order chi connectivity index (χ1) is 8.31. The van der Waals surface area contributed by atoms with E-state index in [0.717, 1.165) is 16.2 Å².